The van der Waals surface area contributed by atoms with E-state index in [1.807, 2.05) is 34.7 Å². The molecule has 0 atom stereocenters. The van der Waals surface area contributed by atoms with Crippen molar-refractivity contribution in [2.45, 2.75) is 13.5 Å². The first kappa shape index (κ1) is 21.2. The number of pyridine rings is 1. The summed E-state index contributed by atoms with van der Waals surface area (Å²) in [6, 6.07) is 12.3. The second-order valence-electron chi connectivity index (χ2n) is 8.30. The number of rotatable bonds is 4. The van der Waals surface area contributed by atoms with Crippen LogP contribution in [0.3, 0.4) is 0 Å². The number of aromatic nitrogens is 4. The SMILES string of the molecule is Cc1nn(Cc2ccc(F)cc2)c2sc(C(=O)N3CCN(c4nc5cccnc5s4)CC3)cc12. The van der Waals surface area contributed by atoms with Crippen molar-refractivity contribution in [3.05, 3.63) is 70.6 Å². The van der Waals surface area contributed by atoms with Gasteiger partial charge in [-0.1, -0.05) is 23.5 Å². The number of benzene rings is 1. The predicted molar refractivity (Wildman–Crippen MR) is 133 cm³/mol. The van der Waals surface area contributed by atoms with Crippen molar-refractivity contribution >= 4 is 54.3 Å². The Balaban J connectivity index is 1.18. The van der Waals surface area contributed by atoms with Crippen LogP contribution in [0.5, 0.6) is 0 Å². The van der Waals surface area contributed by atoms with Gasteiger partial charge in [0.15, 0.2) is 5.13 Å². The van der Waals surface area contributed by atoms with Gasteiger partial charge in [0.05, 0.1) is 17.1 Å². The number of piperazine rings is 1. The lowest BCUT2D eigenvalue weighted by Crippen LogP contribution is -2.48. The fraction of sp³-hybridized carbons (Fsp3) is 0.250. The predicted octanol–water partition coefficient (Wildman–Crippen LogP) is 4.56. The van der Waals surface area contributed by atoms with E-state index in [-0.39, 0.29) is 11.7 Å². The third kappa shape index (κ3) is 3.82. The van der Waals surface area contributed by atoms with Crippen LogP contribution < -0.4 is 4.90 Å². The lowest BCUT2D eigenvalue weighted by molar-refractivity contribution is 0.0751. The molecule has 7 nitrogen and oxygen atoms in total. The number of carbonyl (C=O) groups excluding carboxylic acids is 1. The Morgan fingerprint density at radius 3 is 2.65 bits per heavy atom. The largest absolute Gasteiger partial charge is 0.344 e. The van der Waals surface area contributed by atoms with Crippen molar-refractivity contribution in [1.29, 1.82) is 0 Å². The highest BCUT2D eigenvalue weighted by Crippen LogP contribution is 2.31. The lowest BCUT2D eigenvalue weighted by Gasteiger charge is -2.34. The van der Waals surface area contributed by atoms with Gasteiger partial charge in [0.25, 0.3) is 5.91 Å². The summed E-state index contributed by atoms with van der Waals surface area (Å²) in [6.07, 6.45) is 1.78. The molecule has 6 rings (SSSR count). The molecular formula is C24H21FN6OS2. The monoisotopic (exact) mass is 492 g/mol. The molecule has 0 unspecified atom stereocenters. The van der Waals surface area contributed by atoms with Crippen LogP contribution in [0.15, 0.2) is 48.7 Å². The lowest BCUT2D eigenvalue weighted by atomic mass is 10.2. The normalized spacial score (nSPS) is 14.4. The van der Waals surface area contributed by atoms with Crippen molar-refractivity contribution < 1.29 is 9.18 Å². The minimum absolute atomic E-state index is 0.0551. The minimum atomic E-state index is -0.255. The average molecular weight is 493 g/mol. The summed E-state index contributed by atoms with van der Waals surface area (Å²) in [5.74, 6) is -0.200. The Labute approximate surface area is 203 Å². The van der Waals surface area contributed by atoms with Gasteiger partial charge in [-0.3, -0.25) is 9.48 Å². The molecule has 1 aliphatic heterocycles. The molecule has 5 aromatic rings. The first-order chi connectivity index (χ1) is 16.5. The number of hydrogen-bond donors (Lipinski definition) is 0. The van der Waals surface area contributed by atoms with Crippen molar-refractivity contribution in [3.8, 4) is 0 Å². The van der Waals surface area contributed by atoms with E-state index in [2.05, 4.69) is 15.0 Å². The number of aryl methyl sites for hydroxylation is 1. The molecule has 1 saturated heterocycles. The third-order valence-electron chi connectivity index (χ3n) is 6.06. The summed E-state index contributed by atoms with van der Waals surface area (Å²) in [5, 5.41) is 6.59. The Morgan fingerprint density at radius 2 is 1.88 bits per heavy atom. The Hall–Kier alpha value is -3.37. The van der Waals surface area contributed by atoms with Crippen molar-refractivity contribution in [2.24, 2.45) is 0 Å². The van der Waals surface area contributed by atoms with E-state index in [0.29, 0.717) is 19.6 Å². The summed E-state index contributed by atoms with van der Waals surface area (Å²) in [7, 11) is 0. The van der Waals surface area contributed by atoms with Gasteiger partial charge in [0, 0.05) is 37.8 Å². The number of thiophene rings is 1. The number of hydrogen-bond acceptors (Lipinski definition) is 7. The van der Waals surface area contributed by atoms with Crippen molar-refractivity contribution in [1.82, 2.24) is 24.6 Å². The molecule has 1 amide bonds. The number of amides is 1. The van der Waals surface area contributed by atoms with Gasteiger partial charge in [-0.25, -0.2) is 14.4 Å². The van der Waals surface area contributed by atoms with E-state index in [1.165, 1.54) is 23.5 Å². The summed E-state index contributed by atoms with van der Waals surface area (Å²) < 4.78 is 15.2. The van der Waals surface area contributed by atoms with E-state index in [9.17, 15) is 9.18 Å². The molecule has 10 heteroatoms. The van der Waals surface area contributed by atoms with Crippen LogP contribution in [0.25, 0.3) is 20.6 Å². The molecule has 0 spiro atoms. The average Bonchev–Trinajstić information content (AvgIpc) is 3.56. The first-order valence-electron chi connectivity index (χ1n) is 11.0. The maximum Gasteiger partial charge on any atom is 0.264 e. The fourth-order valence-electron chi connectivity index (χ4n) is 4.24. The van der Waals surface area contributed by atoms with Crippen molar-refractivity contribution in [3.63, 3.8) is 0 Å². The van der Waals surface area contributed by atoms with E-state index in [4.69, 9.17) is 4.98 Å². The summed E-state index contributed by atoms with van der Waals surface area (Å²) >= 11 is 3.06. The molecule has 1 aliphatic rings. The van der Waals surface area contributed by atoms with Crippen molar-refractivity contribution in [2.75, 3.05) is 31.1 Å². The Morgan fingerprint density at radius 1 is 1.09 bits per heavy atom. The second kappa shape index (κ2) is 8.44. The summed E-state index contributed by atoms with van der Waals surface area (Å²) in [4.78, 5) is 29.1. The molecule has 172 valence electrons. The molecule has 0 bridgehead atoms. The van der Waals surface area contributed by atoms with Crippen LogP contribution in [-0.2, 0) is 6.54 Å². The van der Waals surface area contributed by atoms with Gasteiger partial charge < -0.3 is 9.80 Å². The van der Waals surface area contributed by atoms with E-state index in [1.54, 1.807) is 29.7 Å². The van der Waals surface area contributed by atoms with Crippen LogP contribution in [0.4, 0.5) is 9.52 Å². The maximum absolute atomic E-state index is 13.3. The molecule has 1 fully saturated rings. The van der Waals surface area contributed by atoms with Gasteiger partial charge in [0.2, 0.25) is 0 Å². The second-order valence-corrected chi connectivity index (χ2v) is 10.3. The molecule has 0 aliphatic carbocycles. The number of nitrogens with zero attached hydrogens (tertiary/aromatic N) is 6. The van der Waals surface area contributed by atoms with Gasteiger partial charge >= 0.3 is 0 Å². The molecule has 0 N–H and O–H groups in total. The summed E-state index contributed by atoms with van der Waals surface area (Å²) in [5.41, 5.74) is 2.77. The van der Waals surface area contributed by atoms with E-state index < -0.39 is 0 Å². The Bertz CT molecular complexity index is 1460. The molecule has 0 saturated carbocycles. The molecule has 4 aromatic heterocycles. The standard InChI is InChI=1S/C24H21FN6OS2/c1-15-18-13-20(33-23(18)31(28-15)14-16-4-6-17(25)7-5-16)22(32)29-9-11-30(12-10-29)24-27-19-3-2-8-26-21(19)34-24/h2-8,13H,9-12,14H2,1H3. The highest BCUT2D eigenvalue weighted by atomic mass is 32.1. The van der Waals surface area contributed by atoms with Crippen LogP contribution in [0.2, 0.25) is 0 Å². The third-order valence-corrected chi connectivity index (χ3v) is 8.23. The van der Waals surface area contributed by atoms with Crippen LogP contribution in [0, 0.1) is 12.7 Å². The van der Waals surface area contributed by atoms with E-state index in [0.717, 1.165) is 54.9 Å². The highest BCUT2D eigenvalue weighted by molar-refractivity contribution is 7.21. The van der Waals surface area contributed by atoms with E-state index >= 15 is 0 Å². The summed E-state index contributed by atoms with van der Waals surface area (Å²) in [6.45, 7) is 5.28. The smallest absolute Gasteiger partial charge is 0.264 e. The number of fused-ring (bicyclic) bond motifs is 2. The topological polar surface area (TPSA) is 67.2 Å². The van der Waals surface area contributed by atoms with Crippen LogP contribution in [-0.4, -0.2) is 56.7 Å². The molecule has 5 heterocycles. The number of thiazole rings is 1. The number of carbonyl (C=O) groups is 1. The zero-order chi connectivity index (χ0) is 23.2. The Kier molecular flexibility index (Phi) is 5.26. The molecular weight excluding hydrogens is 471 g/mol. The first-order valence-corrected chi connectivity index (χ1v) is 12.7. The van der Waals surface area contributed by atoms with Gasteiger partial charge in [0.1, 0.15) is 21.0 Å². The quantitative estimate of drug-likeness (QED) is 0.368. The van der Waals surface area contributed by atoms with Crippen LogP contribution in [0.1, 0.15) is 20.9 Å². The van der Waals surface area contributed by atoms with Gasteiger partial charge in [-0.05, 0) is 42.8 Å². The molecule has 34 heavy (non-hydrogen) atoms. The van der Waals surface area contributed by atoms with Crippen LogP contribution >= 0.6 is 22.7 Å². The molecule has 1 aromatic carbocycles. The van der Waals surface area contributed by atoms with Gasteiger partial charge in [-0.15, -0.1) is 11.3 Å². The molecule has 0 radical (unpaired) electrons. The number of anilines is 1. The highest BCUT2D eigenvalue weighted by Gasteiger charge is 2.26. The fourth-order valence-corrected chi connectivity index (χ4v) is 6.33. The van der Waals surface area contributed by atoms with Gasteiger partial charge in [-0.2, -0.15) is 5.10 Å². The zero-order valence-corrected chi connectivity index (χ0v) is 20.1. The maximum atomic E-state index is 13.3. The minimum Gasteiger partial charge on any atom is -0.344 e. The zero-order valence-electron chi connectivity index (χ0n) is 18.4. The number of halogens is 1.